The minimum absolute atomic E-state index is 0.00903. The first-order valence-corrected chi connectivity index (χ1v) is 14.5. The van der Waals surface area contributed by atoms with E-state index in [9.17, 15) is 19.2 Å². The Balaban J connectivity index is 0.000000260. The Kier molecular flexibility index (Phi) is 13.2. The van der Waals surface area contributed by atoms with Crippen molar-refractivity contribution in [3.63, 3.8) is 0 Å². The van der Waals surface area contributed by atoms with Crippen LogP contribution < -0.4 is 32.7 Å². The van der Waals surface area contributed by atoms with E-state index in [2.05, 4.69) is 21.3 Å². The van der Waals surface area contributed by atoms with E-state index in [1.165, 1.54) is 0 Å². The number of carbonyl (C=O) groups is 4. The zero-order valence-corrected chi connectivity index (χ0v) is 25.7. The summed E-state index contributed by atoms with van der Waals surface area (Å²) in [6.45, 7) is 0. The average Bonchev–Trinajstić information content (AvgIpc) is 3.04. The fraction of sp³-hybridized carbons (Fsp3) is 0.118. The molecule has 0 aliphatic rings. The molecule has 0 spiro atoms. The summed E-state index contributed by atoms with van der Waals surface area (Å²) in [4.78, 5) is 45.9. The van der Waals surface area contributed by atoms with E-state index < -0.39 is 11.9 Å². The van der Waals surface area contributed by atoms with Crippen molar-refractivity contribution in [1.29, 1.82) is 10.8 Å². The largest absolute Gasteiger partial charge is 0.481 e. The van der Waals surface area contributed by atoms with Crippen LogP contribution >= 0.6 is 0 Å². The van der Waals surface area contributed by atoms with Crippen molar-refractivity contribution in [2.45, 2.75) is 25.7 Å². The van der Waals surface area contributed by atoms with Crippen LogP contribution in [0, 0.1) is 10.8 Å². The number of carboxylic acid groups (broad SMARTS) is 2. The monoisotopic (exact) mass is 652 g/mol. The molecule has 0 aliphatic carbocycles. The van der Waals surface area contributed by atoms with E-state index in [1.807, 2.05) is 0 Å². The van der Waals surface area contributed by atoms with Gasteiger partial charge >= 0.3 is 11.9 Å². The van der Waals surface area contributed by atoms with Crippen molar-refractivity contribution in [2.75, 3.05) is 21.3 Å². The minimum atomic E-state index is -0.890. The van der Waals surface area contributed by atoms with Crippen LogP contribution in [0.4, 0.5) is 22.7 Å². The minimum Gasteiger partial charge on any atom is -0.481 e. The van der Waals surface area contributed by atoms with Crippen LogP contribution in [0.15, 0.2) is 97.1 Å². The number of para-hydroxylation sites is 1. The zero-order valence-electron chi connectivity index (χ0n) is 25.7. The Morgan fingerprint density at radius 2 is 1.06 bits per heavy atom. The number of nitrogens with two attached hydrogens (primary N) is 2. The molecule has 0 atom stereocenters. The molecule has 2 amide bonds. The number of aliphatic carboxylic acids is 2. The molecular formula is C34H36N8O6. The first-order chi connectivity index (χ1) is 22.9. The van der Waals surface area contributed by atoms with Crippen LogP contribution in [0.5, 0.6) is 0 Å². The second-order valence-corrected chi connectivity index (χ2v) is 10.3. The van der Waals surface area contributed by atoms with Gasteiger partial charge in [0.15, 0.2) is 11.9 Å². The molecule has 0 aromatic heterocycles. The van der Waals surface area contributed by atoms with Crippen molar-refractivity contribution in [3.05, 3.63) is 119 Å². The predicted octanol–water partition coefficient (Wildman–Crippen LogP) is 4.52. The van der Waals surface area contributed by atoms with Gasteiger partial charge in [-0.3, -0.25) is 30.0 Å². The lowest BCUT2D eigenvalue weighted by molar-refractivity contribution is -0.138. The molecule has 248 valence electrons. The fourth-order valence-electron chi connectivity index (χ4n) is 4.29. The molecule has 0 bridgehead atoms. The summed E-state index contributed by atoms with van der Waals surface area (Å²) < 4.78 is 0. The average molecular weight is 653 g/mol. The van der Waals surface area contributed by atoms with Crippen molar-refractivity contribution >= 4 is 58.4 Å². The van der Waals surface area contributed by atoms with Gasteiger partial charge in [0, 0.05) is 46.7 Å². The second kappa shape index (κ2) is 17.7. The van der Waals surface area contributed by atoms with Crippen LogP contribution in [0.1, 0.15) is 44.7 Å². The molecule has 14 heteroatoms. The molecule has 0 radical (unpaired) electrons. The Hall–Kier alpha value is -6.70. The summed E-state index contributed by atoms with van der Waals surface area (Å²) in [5.41, 5.74) is 15.3. The summed E-state index contributed by atoms with van der Waals surface area (Å²) >= 11 is 0. The predicted molar refractivity (Wildman–Crippen MR) is 185 cm³/mol. The summed E-state index contributed by atoms with van der Waals surface area (Å²) in [7, 11) is 0. The van der Waals surface area contributed by atoms with E-state index in [0.29, 0.717) is 46.7 Å². The highest BCUT2D eigenvalue weighted by Crippen LogP contribution is 2.19. The SMILES string of the molecule is N=C(N)Nc1cccc(C(=O)Nc2ccc(CCC(=O)O)cc2)c1.N=C(N)Nc1cccc(C(=O)Nc2ccccc2CCC(=O)O)c1. The van der Waals surface area contributed by atoms with Crippen LogP contribution in [-0.4, -0.2) is 45.9 Å². The lowest BCUT2D eigenvalue weighted by Gasteiger charge is -2.11. The molecule has 0 saturated heterocycles. The number of carboxylic acids is 2. The van der Waals surface area contributed by atoms with Gasteiger partial charge < -0.3 is 42.9 Å². The molecule has 0 unspecified atom stereocenters. The molecule has 12 N–H and O–H groups in total. The van der Waals surface area contributed by atoms with Gasteiger partial charge in [0.1, 0.15) is 0 Å². The van der Waals surface area contributed by atoms with Gasteiger partial charge in [-0.25, -0.2) is 0 Å². The Labute approximate surface area is 276 Å². The van der Waals surface area contributed by atoms with Crippen LogP contribution in [0.3, 0.4) is 0 Å². The summed E-state index contributed by atoms with van der Waals surface area (Å²) in [5.74, 6) is -2.77. The van der Waals surface area contributed by atoms with Crippen molar-refractivity contribution in [1.82, 2.24) is 0 Å². The van der Waals surface area contributed by atoms with Gasteiger partial charge in [-0.1, -0.05) is 42.5 Å². The third-order valence-electron chi connectivity index (χ3n) is 6.52. The molecule has 48 heavy (non-hydrogen) atoms. The number of guanidine groups is 2. The van der Waals surface area contributed by atoms with Gasteiger partial charge in [0.05, 0.1) is 0 Å². The highest BCUT2D eigenvalue weighted by atomic mass is 16.4. The number of hydrogen-bond acceptors (Lipinski definition) is 6. The first-order valence-electron chi connectivity index (χ1n) is 14.5. The van der Waals surface area contributed by atoms with Crippen LogP contribution in [0.2, 0.25) is 0 Å². The number of hydrogen-bond donors (Lipinski definition) is 10. The number of carbonyl (C=O) groups excluding carboxylic acids is 2. The molecule has 4 rings (SSSR count). The van der Waals surface area contributed by atoms with Crippen LogP contribution in [-0.2, 0) is 22.4 Å². The maximum absolute atomic E-state index is 12.4. The molecule has 0 aliphatic heterocycles. The molecule has 4 aromatic carbocycles. The van der Waals surface area contributed by atoms with Crippen molar-refractivity contribution in [3.8, 4) is 0 Å². The summed E-state index contributed by atoms with van der Waals surface area (Å²) in [6, 6.07) is 27.3. The smallest absolute Gasteiger partial charge is 0.303 e. The quantitative estimate of drug-likeness (QED) is 0.0755. The third-order valence-corrected chi connectivity index (χ3v) is 6.52. The van der Waals surface area contributed by atoms with Gasteiger partial charge in [0.25, 0.3) is 11.8 Å². The molecule has 0 fully saturated rings. The molecule has 0 saturated carbocycles. The first kappa shape index (κ1) is 35.8. The number of rotatable bonds is 12. The summed E-state index contributed by atoms with van der Waals surface area (Å²) in [6.07, 6.45) is 0.840. The Morgan fingerprint density at radius 3 is 1.58 bits per heavy atom. The standard InChI is InChI=1S/2C17H18N4O3/c18-17(19)20-13-6-3-5-12(10-13)16(24)21-14-7-2-1-4-11(14)8-9-15(22)23;18-17(19)21-14-3-1-2-12(10-14)16(24)20-13-7-4-11(5-8-13)6-9-15(22)23/h1-7,10H,8-9H2,(H,21,24)(H,22,23)(H4,18,19,20);1-5,7-8,10H,6,9H2,(H,20,24)(H,22,23)(H4,18,19,21). The Morgan fingerprint density at radius 1 is 0.562 bits per heavy atom. The second-order valence-electron chi connectivity index (χ2n) is 10.3. The maximum Gasteiger partial charge on any atom is 0.303 e. The number of aryl methyl sites for hydroxylation is 2. The highest BCUT2D eigenvalue weighted by molar-refractivity contribution is 6.06. The molecule has 0 heterocycles. The number of anilines is 4. The van der Waals surface area contributed by atoms with E-state index in [1.54, 1.807) is 97.1 Å². The third kappa shape index (κ3) is 12.4. The number of amides is 2. The topological polar surface area (TPSA) is 257 Å². The normalized spacial score (nSPS) is 10.0. The van der Waals surface area contributed by atoms with Crippen molar-refractivity contribution in [2.24, 2.45) is 11.5 Å². The molecule has 4 aromatic rings. The highest BCUT2D eigenvalue weighted by Gasteiger charge is 2.11. The van der Waals surface area contributed by atoms with E-state index >= 15 is 0 Å². The van der Waals surface area contributed by atoms with E-state index in [-0.39, 0.29) is 36.6 Å². The van der Waals surface area contributed by atoms with Crippen molar-refractivity contribution < 1.29 is 29.4 Å². The Bertz CT molecular complexity index is 1790. The van der Waals surface area contributed by atoms with Gasteiger partial charge in [-0.15, -0.1) is 0 Å². The maximum atomic E-state index is 12.4. The molecule has 14 nitrogen and oxygen atoms in total. The van der Waals surface area contributed by atoms with Gasteiger partial charge in [0.2, 0.25) is 0 Å². The lowest BCUT2D eigenvalue weighted by atomic mass is 10.1. The number of benzene rings is 4. The van der Waals surface area contributed by atoms with E-state index in [4.69, 9.17) is 32.5 Å². The fourth-order valence-corrected chi connectivity index (χ4v) is 4.29. The molecular weight excluding hydrogens is 616 g/mol. The lowest BCUT2D eigenvalue weighted by Crippen LogP contribution is -2.21. The van der Waals surface area contributed by atoms with Gasteiger partial charge in [-0.05, 0) is 78.6 Å². The summed E-state index contributed by atoms with van der Waals surface area (Å²) in [5, 5.41) is 42.7. The van der Waals surface area contributed by atoms with Crippen LogP contribution in [0.25, 0.3) is 0 Å². The zero-order chi connectivity index (χ0) is 35.1. The number of nitrogens with one attached hydrogen (secondary N) is 6. The van der Waals surface area contributed by atoms with E-state index in [0.717, 1.165) is 11.1 Å². The van der Waals surface area contributed by atoms with Gasteiger partial charge in [-0.2, -0.15) is 0 Å².